The van der Waals surface area contributed by atoms with Crippen molar-refractivity contribution in [3.63, 3.8) is 0 Å². The zero-order valence-electron chi connectivity index (χ0n) is 12.2. The predicted octanol–water partition coefficient (Wildman–Crippen LogP) is 4.09. The molecule has 1 N–H and O–H groups in total. The SMILES string of the molecule is Cc1c(Cl)nnc(NCC(C(C)C)C(C)C)c1C. The summed E-state index contributed by atoms with van der Waals surface area (Å²) in [6.45, 7) is 14.0. The largest absolute Gasteiger partial charge is 0.368 e. The van der Waals surface area contributed by atoms with Crippen molar-refractivity contribution in [1.82, 2.24) is 10.2 Å². The summed E-state index contributed by atoms with van der Waals surface area (Å²) < 4.78 is 0. The summed E-state index contributed by atoms with van der Waals surface area (Å²) in [4.78, 5) is 0. The Bertz CT molecular complexity index is 394. The molecule has 102 valence electrons. The minimum absolute atomic E-state index is 0.488. The predicted molar refractivity (Wildman–Crippen MR) is 78.2 cm³/mol. The van der Waals surface area contributed by atoms with E-state index in [1.165, 1.54) is 0 Å². The Balaban J connectivity index is 2.77. The molecule has 0 atom stereocenters. The van der Waals surface area contributed by atoms with E-state index in [0.29, 0.717) is 22.9 Å². The summed E-state index contributed by atoms with van der Waals surface area (Å²) in [6, 6.07) is 0. The highest BCUT2D eigenvalue weighted by molar-refractivity contribution is 6.30. The van der Waals surface area contributed by atoms with Gasteiger partial charge >= 0.3 is 0 Å². The van der Waals surface area contributed by atoms with E-state index in [0.717, 1.165) is 23.5 Å². The van der Waals surface area contributed by atoms with Crippen LogP contribution in [0.5, 0.6) is 0 Å². The lowest BCUT2D eigenvalue weighted by atomic mass is 9.85. The van der Waals surface area contributed by atoms with Crippen LogP contribution in [0.15, 0.2) is 0 Å². The fourth-order valence-electron chi connectivity index (χ4n) is 2.20. The van der Waals surface area contributed by atoms with Crippen LogP contribution < -0.4 is 5.32 Å². The van der Waals surface area contributed by atoms with Crippen LogP contribution in [0.25, 0.3) is 0 Å². The number of aromatic nitrogens is 2. The Labute approximate surface area is 115 Å². The van der Waals surface area contributed by atoms with Crippen LogP contribution in [-0.4, -0.2) is 16.7 Å². The Morgan fingerprint density at radius 2 is 1.56 bits per heavy atom. The Hall–Kier alpha value is -0.830. The zero-order valence-corrected chi connectivity index (χ0v) is 13.0. The van der Waals surface area contributed by atoms with E-state index in [2.05, 4.69) is 43.2 Å². The molecule has 0 aromatic carbocycles. The molecule has 0 aliphatic heterocycles. The third-order valence-electron chi connectivity index (χ3n) is 3.68. The second-order valence-electron chi connectivity index (χ2n) is 5.62. The fourth-order valence-corrected chi connectivity index (χ4v) is 2.38. The second kappa shape index (κ2) is 6.37. The van der Waals surface area contributed by atoms with Gasteiger partial charge in [-0.2, -0.15) is 0 Å². The van der Waals surface area contributed by atoms with Gasteiger partial charge in [-0.15, -0.1) is 10.2 Å². The van der Waals surface area contributed by atoms with E-state index < -0.39 is 0 Å². The molecule has 0 amide bonds. The number of hydrogen-bond donors (Lipinski definition) is 1. The lowest BCUT2D eigenvalue weighted by Gasteiger charge is -2.25. The van der Waals surface area contributed by atoms with Gasteiger partial charge in [0.1, 0.15) is 0 Å². The van der Waals surface area contributed by atoms with Gasteiger partial charge in [-0.25, -0.2) is 0 Å². The summed E-state index contributed by atoms with van der Waals surface area (Å²) in [5.74, 6) is 2.78. The molecule has 0 saturated heterocycles. The van der Waals surface area contributed by atoms with Gasteiger partial charge < -0.3 is 5.32 Å². The third kappa shape index (κ3) is 3.58. The molecule has 1 rings (SSSR count). The van der Waals surface area contributed by atoms with Gasteiger partial charge in [-0.3, -0.25) is 0 Å². The van der Waals surface area contributed by atoms with Crippen LogP contribution in [0.2, 0.25) is 5.15 Å². The summed E-state index contributed by atoms with van der Waals surface area (Å²) in [5, 5.41) is 12.0. The summed E-state index contributed by atoms with van der Waals surface area (Å²) in [5.41, 5.74) is 2.08. The minimum atomic E-state index is 0.488. The van der Waals surface area contributed by atoms with Gasteiger partial charge in [0.05, 0.1) is 0 Å². The highest BCUT2D eigenvalue weighted by Crippen LogP contribution is 2.24. The molecule has 0 aliphatic carbocycles. The normalized spacial score (nSPS) is 11.7. The van der Waals surface area contributed by atoms with Crippen molar-refractivity contribution in [2.45, 2.75) is 41.5 Å². The van der Waals surface area contributed by atoms with E-state index >= 15 is 0 Å². The average molecular weight is 270 g/mol. The molecule has 0 fully saturated rings. The van der Waals surface area contributed by atoms with Crippen LogP contribution in [0.3, 0.4) is 0 Å². The van der Waals surface area contributed by atoms with Gasteiger partial charge in [0, 0.05) is 6.54 Å². The smallest absolute Gasteiger partial charge is 0.155 e. The van der Waals surface area contributed by atoms with E-state index in [4.69, 9.17) is 11.6 Å². The van der Waals surface area contributed by atoms with Crippen molar-refractivity contribution >= 4 is 17.4 Å². The molecule has 0 spiro atoms. The van der Waals surface area contributed by atoms with Crippen molar-refractivity contribution in [1.29, 1.82) is 0 Å². The van der Waals surface area contributed by atoms with Crippen molar-refractivity contribution in [3.8, 4) is 0 Å². The van der Waals surface area contributed by atoms with E-state index in [1.807, 2.05) is 13.8 Å². The Kier molecular flexibility index (Phi) is 5.39. The lowest BCUT2D eigenvalue weighted by Crippen LogP contribution is -2.25. The quantitative estimate of drug-likeness (QED) is 0.875. The third-order valence-corrected chi connectivity index (χ3v) is 4.04. The van der Waals surface area contributed by atoms with Crippen LogP contribution in [0.1, 0.15) is 38.8 Å². The number of nitrogens with zero attached hydrogens (tertiary/aromatic N) is 2. The maximum absolute atomic E-state index is 5.95. The molecular formula is C14H24ClN3. The highest BCUT2D eigenvalue weighted by Gasteiger charge is 2.18. The molecule has 18 heavy (non-hydrogen) atoms. The minimum Gasteiger partial charge on any atom is -0.368 e. The molecule has 4 heteroatoms. The number of rotatable bonds is 5. The topological polar surface area (TPSA) is 37.8 Å². The first-order valence-electron chi connectivity index (χ1n) is 6.57. The van der Waals surface area contributed by atoms with E-state index in [9.17, 15) is 0 Å². The van der Waals surface area contributed by atoms with Crippen molar-refractivity contribution in [3.05, 3.63) is 16.3 Å². The molecule has 0 unspecified atom stereocenters. The molecule has 1 aromatic heterocycles. The Morgan fingerprint density at radius 3 is 2.06 bits per heavy atom. The van der Waals surface area contributed by atoms with Crippen LogP contribution >= 0.6 is 11.6 Å². The average Bonchev–Trinajstić information content (AvgIpc) is 2.28. The van der Waals surface area contributed by atoms with E-state index in [1.54, 1.807) is 0 Å². The molecule has 3 nitrogen and oxygen atoms in total. The van der Waals surface area contributed by atoms with Crippen LogP contribution in [0, 0.1) is 31.6 Å². The molecule has 1 heterocycles. The van der Waals surface area contributed by atoms with Gasteiger partial charge in [0.2, 0.25) is 0 Å². The molecule has 0 radical (unpaired) electrons. The molecule has 0 bridgehead atoms. The number of nitrogens with one attached hydrogen (secondary N) is 1. The maximum atomic E-state index is 5.95. The lowest BCUT2D eigenvalue weighted by molar-refractivity contribution is 0.304. The van der Waals surface area contributed by atoms with Crippen LogP contribution in [0.4, 0.5) is 5.82 Å². The number of hydrogen-bond acceptors (Lipinski definition) is 3. The van der Waals surface area contributed by atoms with Gasteiger partial charge in [0.15, 0.2) is 11.0 Å². The molecular weight excluding hydrogens is 246 g/mol. The first-order chi connectivity index (χ1) is 8.34. The number of halogens is 1. The number of anilines is 1. The Morgan fingerprint density at radius 1 is 1.00 bits per heavy atom. The second-order valence-corrected chi connectivity index (χ2v) is 5.98. The van der Waals surface area contributed by atoms with E-state index in [-0.39, 0.29) is 0 Å². The first kappa shape index (κ1) is 15.2. The van der Waals surface area contributed by atoms with Crippen LogP contribution in [-0.2, 0) is 0 Å². The van der Waals surface area contributed by atoms with Gasteiger partial charge in [-0.05, 0) is 42.7 Å². The highest BCUT2D eigenvalue weighted by atomic mass is 35.5. The summed E-state index contributed by atoms with van der Waals surface area (Å²) >= 11 is 5.95. The zero-order chi connectivity index (χ0) is 13.9. The molecule has 0 saturated carbocycles. The maximum Gasteiger partial charge on any atom is 0.155 e. The van der Waals surface area contributed by atoms with Crippen molar-refractivity contribution in [2.24, 2.45) is 17.8 Å². The standard InChI is InChI=1S/C14H24ClN3/c1-8(2)12(9(3)4)7-16-14-11(6)10(5)13(15)17-18-14/h8-9,12H,7H2,1-6H3,(H,16,18). The van der Waals surface area contributed by atoms with Crippen molar-refractivity contribution in [2.75, 3.05) is 11.9 Å². The fraction of sp³-hybridized carbons (Fsp3) is 0.714. The van der Waals surface area contributed by atoms with Gasteiger partial charge in [0.25, 0.3) is 0 Å². The van der Waals surface area contributed by atoms with Crippen molar-refractivity contribution < 1.29 is 0 Å². The molecule has 1 aromatic rings. The monoisotopic (exact) mass is 269 g/mol. The summed E-state index contributed by atoms with van der Waals surface area (Å²) in [6.07, 6.45) is 0. The molecule has 0 aliphatic rings. The summed E-state index contributed by atoms with van der Waals surface area (Å²) in [7, 11) is 0. The first-order valence-corrected chi connectivity index (χ1v) is 6.95. The van der Waals surface area contributed by atoms with Gasteiger partial charge in [-0.1, -0.05) is 39.3 Å².